The van der Waals surface area contributed by atoms with E-state index in [2.05, 4.69) is 5.32 Å². The maximum atomic E-state index is 10.6. The van der Waals surface area contributed by atoms with E-state index in [0.717, 1.165) is 6.54 Å². The summed E-state index contributed by atoms with van der Waals surface area (Å²) in [6, 6.07) is 0. The summed E-state index contributed by atoms with van der Waals surface area (Å²) in [4.78, 5) is 10.6. The summed E-state index contributed by atoms with van der Waals surface area (Å²) in [6.45, 7) is 4.70. The van der Waals surface area contributed by atoms with Gasteiger partial charge in [0.15, 0.2) is 5.78 Å². The van der Waals surface area contributed by atoms with E-state index in [9.17, 15) is 4.79 Å². The third kappa shape index (κ3) is 5.07. The predicted octanol–water partition coefficient (Wildman–Crippen LogP) is 1.09. The SMILES string of the molecule is CCN/C=C\C(=O)CC. The zero-order valence-electron chi connectivity index (χ0n) is 5.98. The van der Waals surface area contributed by atoms with Crippen molar-refractivity contribution in [3.63, 3.8) is 0 Å². The van der Waals surface area contributed by atoms with Crippen LogP contribution in [0.4, 0.5) is 0 Å². The van der Waals surface area contributed by atoms with Gasteiger partial charge in [-0.25, -0.2) is 0 Å². The van der Waals surface area contributed by atoms with Crippen molar-refractivity contribution in [3.05, 3.63) is 12.3 Å². The lowest BCUT2D eigenvalue weighted by Crippen LogP contribution is -2.03. The fourth-order valence-corrected chi connectivity index (χ4v) is 0.388. The fourth-order valence-electron chi connectivity index (χ4n) is 0.388. The zero-order chi connectivity index (χ0) is 7.11. The Morgan fingerprint density at radius 3 is 2.67 bits per heavy atom. The number of carbonyl (C=O) groups is 1. The summed E-state index contributed by atoms with van der Waals surface area (Å²) in [6.07, 6.45) is 3.83. The fraction of sp³-hybridized carbons (Fsp3) is 0.571. The van der Waals surface area contributed by atoms with Crippen molar-refractivity contribution in [1.82, 2.24) is 5.32 Å². The van der Waals surface area contributed by atoms with Crippen LogP contribution in [0.5, 0.6) is 0 Å². The summed E-state index contributed by atoms with van der Waals surface area (Å²) in [5.74, 6) is 0.163. The Labute approximate surface area is 56.0 Å². The van der Waals surface area contributed by atoms with Crippen LogP contribution >= 0.6 is 0 Å². The van der Waals surface area contributed by atoms with E-state index in [4.69, 9.17) is 0 Å². The number of hydrogen-bond donors (Lipinski definition) is 1. The molecule has 0 aromatic heterocycles. The lowest BCUT2D eigenvalue weighted by Gasteiger charge is -1.89. The van der Waals surface area contributed by atoms with Gasteiger partial charge in [-0.15, -0.1) is 0 Å². The van der Waals surface area contributed by atoms with E-state index in [0.29, 0.717) is 6.42 Å². The van der Waals surface area contributed by atoms with Crippen molar-refractivity contribution in [2.45, 2.75) is 20.3 Å². The van der Waals surface area contributed by atoms with Crippen LogP contribution < -0.4 is 5.32 Å². The molecule has 2 nitrogen and oxygen atoms in total. The van der Waals surface area contributed by atoms with Crippen molar-refractivity contribution < 1.29 is 4.79 Å². The predicted molar refractivity (Wildman–Crippen MR) is 38.1 cm³/mol. The van der Waals surface area contributed by atoms with Crippen molar-refractivity contribution in [2.75, 3.05) is 6.54 Å². The van der Waals surface area contributed by atoms with Gasteiger partial charge in [-0.3, -0.25) is 4.79 Å². The van der Waals surface area contributed by atoms with E-state index in [1.807, 2.05) is 13.8 Å². The molecule has 0 aromatic carbocycles. The first-order valence-corrected chi connectivity index (χ1v) is 3.24. The molecule has 0 saturated heterocycles. The minimum absolute atomic E-state index is 0.163. The van der Waals surface area contributed by atoms with Gasteiger partial charge in [-0.2, -0.15) is 0 Å². The van der Waals surface area contributed by atoms with E-state index in [1.54, 1.807) is 12.3 Å². The van der Waals surface area contributed by atoms with Crippen LogP contribution in [0.2, 0.25) is 0 Å². The van der Waals surface area contributed by atoms with Gasteiger partial charge in [0.05, 0.1) is 0 Å². The highest BCUT2D eigenvalue weighted by atomic mass is 16.1. The molecule has 0 heterocycles. The van der Waals surface area contributed by atoms with Crippen LogP contribution in [-0.4, -0.2) is 12.3 Å². The van der Waals surface area contributed by atoms with Gasteiger partial charge >= 0.3 is 0 Å². The minimum Gasteiger partial charge on any atom is -0.391 e. The highest BCUT2D eigenvalue weighted by Gasteiger charge is 1.85. The molecule has 0 unspecified atom stereocenters. The Morgan fingerprint density at radius 1 is 1.56 bits per heavy atom. The Morgan fingerprint density at radius 2 is 2.22 bits per heavy atom. The molecule has 1 N–H and O–H groups in total. The van der Waals surface area contributed by atoms with Gasteiger partial charge in [0.1, 0.15) is 0 Å². The number of ketones is 1. The molecule has 0 aliphatic rings. The van der Waals surface area contributed by atoms with Crippen LogP contribution in [0.1, 0.15) is 20.3 Å². The Kier molecular flexibility index (Phi) is 4.88. The van der Waals surface area contributed by atoms with Gasteiger partial charge in [-0.05, 0) is 19.2 Å². The third-order valence-corrected chi connectivity index (χ3v) is 0.940. The van der Waals surface area contributed by atoms with Gasteiger partial charge in [0.2, 0.25) is 0 Å². The van der Waals surface area contributed by atoms with Crippen LogP contribution in [-0.2, 0) is 4.79 Å². The van der Waals surface area contributed by atoms with Crippen molar-refractivity contribution in [3.8, 4) is 0 Å². The topological polar surface area (TPSA) is 29.1 Å². The molecule has 0 atom stereocenters. The van der Waals surface area contributed by atoms with Crippen molar-refractivity contribution >= 4 is 5.78 Å². The molecule has 0 spiro atoms. The molecule has 0 fully saturated rings. The number of rotatable bonds is 4. The second-order valence-electron chi connectivity index (χ2n) is 1.71. The molecule has 0 aromatic rings. The lowest BCUT2D eigenvalue weighted by molar-refractivity contribution is -0.114. The van der Waals surface area contributed by atoms with E-state index < -0.39 is 0 Å². The third-order valence-electron chi connectivity index (χ3n) is 0.940. The molecule has 0 amide bonds. The zero-order valence-corrected chi connectivity index (χ0v) is 5.98. The summed E-state index contributed by atoms with van der Waals surface area (Å²) in [5, 5.41) is 2.91. The van der Waals surface area contributed by atoms with Crippen molar-refractivity contribution in [2.24, 2.45) is 0 Å². The molecule has 0 saturated carbocycles. The largest absolute Gasteiger partial charge is 0.391 e. The van der Waals surface area contributed by atoms with Crippen molar-refractivity contribution in [1.29, 1.82) is 0 Å². The van der Waals surface area contributed by atoms with Crippen LogP contribution in [0.15, 0.2) is 12.3 Å². The Bertz CT molecular complexity index is 107. The lowest BCUT2D eigenvalue weighted by atomic mass is 10.3. The minimum atomic E-state index is 0.163. The smallest absolute Gasteiger partial charge is 0.156 e. The van der Waals surface area contributed by atoms with Gasteiger partial charge < -0.3 is 5.32 Å². The van der Waals surface area contributed by atoms with E-state index >= 15 is 0 Å². The quantitative estimate of drug-likeness (QED) is 0.573. The van der Waals surface area contributed by atoms with Gasteiger partial charge in [-0.1, -0.05) is 6.92 Å². The maximum absolute atomic E-state index is 10.6. The van der Waals surface area contributed by atoms with Crippen LogP contribution in [0.3, 0.4) is 0 Å². The highest BCUT2D eigenvalue weighted by Crippen LogP contribution is 1.80. The summed E-state index contributed by atoms with van der Waals surface area (Å²) < 4.78 is 0. The maximum Gasteiger partial charge on any atom is 0.156 e. The number of hydrogen-bond acceptors (Lipinski definition) is 2. The normalized spacial score (nSPS) is 10.0. The monoisotopic (exact) mass is 127 g/mol. The van der Waals surface area contributed by atoms with Gasteiger partial charge in [0.25, 0.3) is 0 Å². The molecular weight excluding hydrogens is 114 g/mol. The summed E-state index contributed by atoms with van der Waals surface area (Å²) in [7, 11) is 0. The average molecular weight is 127 g/mol. The first-order valence-electron chi connectivity index (χ1n) is 3.24. The summed E-state index contributed by atoms with van der Waals surface area (Å²) in [5.41, 5.74) is 0. The molecule has 0 radical (unpaired) electrons. The molecule has 9 heavy (non-hydrogen) atoms. The molecule has 2 heteroatoms. The standard InChI is InChI=1S/C7H13NO/c1-3-7(9)5-6-8-4-2/h5-6,8H,3-4H2,1-2H3/b6-5-. The number of nitrogens with one attached hydrogen (secondary N) is 1. The number of carbonyl (C=O) groups excluding carboxylic acids is 1. The summed E-state index contributed by atoms with van der Waals surface area (Å²) >= 11 is 0. The highest BCUT2D eigenvalue weighted by molar-refractivity contribution is 5.89. The molecular formula is C7H13NO. The molecule has 0 rings (SSSR count). The Hall–Kier alpha value is -0.790. The second-order valence-corrected chi connectivity index (χ2v) is 1.71. The van der Waals surface area contributed by atoms with E-state index in [1.165, 1.54) is 0 Å². The van der Waals surface area contributed by atoms with Gasteiger partial charge in [0, 0.05) is 13.0 Å². The van der Waals surface area contributed by atoms with Crippen LogP contribution in [0.25, 0.3) is 0 Å². The molecule has 0 bridgehead atoms. The first kappa shape index (κ1) is 8.21. The van der Waals surface area contributed by atoms with E-state index in [-0.39, 0.29) is 5.78 Å². The second kappa shape index (κ2) is 5.35. The Balaban J connectivity index is 3.32. The molecule has 0 aliphatic carbocycles. The number of allylic oxidation sites excluding steroid dienone is 1. The molecule has 0 aliphatic heterocycles. The van der Waals surface area contributed by atoms with Crippen LogP contribution in [0, 0.1) is 0 Å². The molecule has 52 valence electrons. The first-order chi connectivity index (χ1) is 4.31. The average Bonchev–Trinajstić information content (AvgIpc) is 1.89.